The Labute approximate surface area is 257 Å². The van der Waals surface area contributed by atoms with Gasteiger partial charge in [0.1, 0.15) is 28.9 Å². The summed E-state index contributed by atoms with van der Waals surface area (Å²) >= 11 is 0. The van der Waals surface area contributed by atoms with Crippen LogP contribution < -0.4 is 5.32 Å². The molecule has 0 bridgehead atoms. The number of anilines is 2. The highest BCUT2D eigenvalue weighted by atomic mass is 16.4. The van der Waals surface area contributed by atoms with Gasteiger partial charge >= 0.3 is 5.97 Å². The molecule has 4 aromatic heterocycles. The van der Waals surface area contributed by atoms with E-state index in [9.17, 15) is 9.90 Å². The van der Waals surface area contributed by atoms with E-state index in [1.54, 1.807) is 41.2 Å². The van der Waals surface area contributed by atoms with Crippen LogP contribution in [0.3, 0.4) is 0 Å². The van der Waals surface area contributed by atoms with Gasteiger partial charge in [0, 0.05) is 34.8 Å². The predicted octanol–water partition coefficient (Wildman–Crippen LogP) is 6.68. The highest BCUT2D eigenvalue weighted by Crippen LogP contribution is 2.32. The van der Waals surface area contributed by atoms with Gasteiger partial charge in [0.25, 0.3) is 0 Å². The third-order valence-electron chi connectivity index (χ3n) is 7.38. The van der Waals surface area contributed by atoms with Gasteiger partial charge in [0.15, 0.2) is 0 Å². The van der Waals surface area contributed by atoms with Crippen LogP contribution in [-0.2, 0) is 6.54 Å². The van der Waals surface area contributed by atoms with Crippen LogP contribution in [-0.4, -0.2) is 40.4 Å². The monoisotopic (exact) mass is 588 g/mol. The molecule has 0 spiro atoms. The van der Waals surface area contributed by atoms with Crippen LogP contribution in [0.1, 0.15) is 21.5 Å². The summed E-state index contributed by atoms with van der Waals surface area (Å²) < 4.78 is 3.76. The SMILES string of the molecule is N#Cc1ccc(-c2ccc(Cn3cc(-c4ccc5nc(-c6ccccc6)c(Nc6ccc(C(=O)O)cc6)n5c4)nn3)cc2)nc1. The topological polar surface area (TPSA) is 134 Å². The zero-order valence-corrected chi connectivity index (χ0v) is 23.7. The first-order valence-electron chi connectivity index (χ1n) is 14.1. The molecule has 7 aromatic rings. The molecule has 0 amide bonds. The maximum absolute atomic E-state index is 11.3. The second-order valence-electron chi connectivity index (χ2n) is 10.4. The molecule has 0 aliphatic carbocycles. The smallest absolute Gasteiger partial charge is 0.335 e. The number of hydrogen-bond donors (Lipinski definition) is 2. The second-order valence-corrected chi connectivity index (χ2v) is 10.4. The number of nitrogens with one attached hydrogen (secondary N) is 1. The molecule has 10 heteroatoms. The quantitative estimate of drug-likeness (QED) is 0.201. The Balaban J connectivity index is 1.17. The molecule has 4 heterocycles. The highest BCUT2D eigenvalue weighted by Gasteiger charge is 2.16. The first-order chi connectivity index (χ1) is 22.0. The average molecular weight is 589 g/mol. The van der Waals surface area contributed by atoms with Crippen LogP contribution in [0.5, 0.6) is 0 Å². The summed E-state index contributed by atoms with van der Waals surface area (Å²) in [6, 6.07) is 34.1. The van der Waals surface area contributed by atoms with Crippen molar-refractivity contribution in [1.29, 1.82) is 5.26 Å². The fourth-order valence-electron chi connectivity index (χ4n) is 5.05. The van der Waals surface area contributed by atoms with Gasteiger partial charge in [-0.15, -0.1) is 5.10 Å². The normalized spacial score (nSPS) is 10.9. The van der Waals surface area contributed by atoms with Crippen molar-refractivity contribution >= 4 is 23.1 Å². The summed E-state index contributed by atoms with van der Waals surface area (Å²) in [5, 5.41) is 30.6. The fourth-order valence-corrected chi connectivity index (χ4v) is 5.05. The number of aromatic nitrogens is 6. The van der Waals surface area contributed by atoms with E-state index in [1.807, 2.05) is 89.6 Å². The van der Waals surface area contributed by atoms with Gasteiger partial charge in [-0.05, 0) is 54.1 Å². The van der Waals surface area contributed by atoms with Crippen LogP contribution in [0.25, 0.3) is 39.4 Å². The number of benzene rings is 3. The lowest BCUT2D eigenvalue weighted by Gasteiger charge is -2.10. The molecule has 2 N–H and O–H groups in total. The van der Waals surface area contributed by atoms with E-state index in [2.05, 4.69) is 26.7 Å². The minimum atomic E-state index is -0.976. The summed E-state index contributed by atoms with van der Waals surface area (Å²) in [4.78, 5) is 20.6. The standard InChI is InChI=1S/C35H24N8O2/c36-18-24-8-16-30(37-19-24)25-9-6-23(7-10-25)20-42-22-31(40-41-42)28-13-17-32-39-33(26-4-2-1-3-5-26)34(43(32)21-28)38-29-14-11-27(12-15-29)35(44)45/h1-17,19,21-22,38H,20H2,(H,44,45). The number of aromatic carboxylic acids is 1. The molecular weight excluding hydrogens is 564 g/mol. The number of pyridine rings is 2. The molecule has 216 valence electrons. The highest BCUT2D eigenvalue weighted by molar-refractivity contribution is 5.88. The Bertz CT molecular complexity index is 2180. The van der Waals surface area contributed by atoms with Gasteiger partial charge in [-0.2, -0.15) is 5.26 Å². The van der Waals surface area contributed by atoms with Crippen molar-refractivity contribution in [1.82, 2.24) is 29.4 Å². The Morgan fingerprint density at radius 1 is 0.822 bits per heavy atom. The summed E-state index contributed by atoms with van der Waals surface area (Å²) in [5.41, 5.74) is 8.32. The lowest BCUT2D eigenvalue weighted by atomic mass is 10.1. The van der Waals surface area contributed by atoms with Crippen molar-refractivity contribution in [3.05, 3.63) is 138 Å². The molecule has 0 fully saturated rings. The van der Waals surface area contributed by atoms with Gasteiger partial charge in [0.2, 0.25) is 0 Å². The molecule has 0 saturated carbocycles. The maximum Gasteiger partial charge on any atom is 0.335 e. The Morgan fingerprint density at radius 3 is 2.31 bits per heavy atom. The minimum Gasteiger partial charge on any atom is -0.478 e. The molecule has 3 aromatic carbocycles. The van der Waals surface area contributed by atoms with Gasteiger partial charge in [-0.25, -0.2) is 14.5 Å². The number of rotatable bonds is 8. The number of nitrogens with zero attached hydrogens (tertiary/aromatic N) is 7. The van der Waals surface area contributed by atoms with Crippen molar-refractivity contribution in [3.63, 3.8) is 0 Å². The second kappa shape index (κ2) is 11.6. The molecule has 0 aliphatic rings. The van der Waals surface area contributed by atoms with Crippen LogP contribution in [0.4, 0.5) is 11.5 Å². The first-order valence-corrected chi connectivity index (χ1v) is 14.1. The summed E-state index contributed by atoms with van der Waals surface area (Å²) in [6.07, 6.45) is 5.45. The molecular formula is C35H24N8O2. The number of fused-ring (bicyclic) bond motifs is 1. The van der Waals surface area contributed by atoms with E-state index < -0.39 is 5.97 Å². The number of nitriles is 1. The number of hydrogen-bond acceptors (Lipinski definition) is 7. The molecule has 0 aliphatic heterocycles. The van der Waals surface area contributed by atoms with Crippen molar-refractivity contribution in [3.8, 4) is 39.8 Å². The largest absolute Gasteiger partial charge is 0.478 e. The van der Waals surface area contributed by atoms with Crippen molar-refractivity contribution in [2.24, 2.45) is 0 Å². The van der Waals surface area contributed by atoms with Crippen molar-refractivity contribution < 1.29 is 9.90 Å². The predicted molar refractivity (Wildman–Crippen MR) is 170 cm³/mol. The molecule has 10 nitrogen and oxygen atoms in total. The molecule has 0 atom stereocenters. The lowest BCUT2D eigenvalue weighted by molar-refractivity contribution is 0.0697. The Kier molecular flexibility index (Phi) is 7.01. The number of carboxylic acids is 1. The third kappa shape index (κ3) is 5.61. The average Bonchev–Trinajstić information content (AvgIpc) is 3.70. The molecule has 0 unspecified atom stereocenters. The van der Waals surface area contributed by atoms with E-state index in [0.29, 0.717) is 17.8 Å². The zero-order chi connectivity index (χ0) is 30.8. The van der Waals surface area contributed by atoms with Crippen LogP contribution in [0.2, 0.25) is 0 Å². The summed E-state index contributed by atoms with van der Waals surface area (Å²) in [7, 11) is 0. The maximum atomic E-state index is 11.3. The summed E-state index contributed by atoms with van der Waals surface area (Å²) in [6.45, 7) is 0.540. The fraction of sp³-hybridized carbons (Fsp3) is 0.0286. The molecule has 45 heavy (non-hydrogen) atoms. The van der Waals surface area contributed by atoms with E-state index in [4.69, 9.17) is 10.2 Å². The van der Waals surface area contributed by atoms with Gasteiger partial charge in [-0.3, -0.25) is 9.38 Å². The van der Waals surface area contributed by atoms with Gasteiger partial charge < -0.3 is 10.4 Å². The van der Waals surface area contributed by atoms with E-state index in [0.717, 1.165) is 50.8 Å². The molecule has 0 radical (unpaired) electrons. The minimum absolute atomic E-state index is 0.214. The Morgan fingerprint density at radius 2 is 1.60 bits per heavy atom. The van der Waals surface area contributed by atoms with Crippen LogP contribution in [0.15, 0.2) is 122 Å². The lowest BCUT2D eigenvalue weighted by Crippen LogP contribution is -2.00. The van der Waals surface area contributed by atoms with Crippen LogP contribution in [0, 0.1) is 11.3 Å². The first kappa shape index (κ1) is 27.2. The van der Waals surface area contributed by atoms with E-state index in [1.165, 1.54) is 0 Å². The van der Waals surface area contributed by atoms with Crippen molar-refractivity contribution in [2.45, 2.75) is 6.54 Å². The van der Waals surface area contributed by atoms with E-state index in [-0.39, 0.29) is 5.56 Å². The molecule has 7 rings (SSSR count). The number of imidazole rings is 1. The van der Waals surface area contributed by atoms with E-state index >= 15 is 0 Å². The zero-order valence-electron chi connectivity index (χ0n) is 23.7. The Hall–Kier alpha value is -6.60. The summed E-state index contributed by atoms with van der Waals surface area (Å²) in [5.74, 6) is -0.234. The number of carbonyl (C=O) groups is 1. The van der Waals surface area contributed by atoms with Crippen molar-refractivity contribution in [2.75, 3.05) is 5.32 Å². The van der Waals surface area contributed by atoms with Crippen LogP contribution >= 0.6 is 0 Å². The third-order valence-corrected chi connectivity index (χ3v) is 7.38. The molecule has 0 saturated heterocycles. The van der Waals surface area contributed by atoms with Gasteiger partial charge in [0.05, 0.1) is 29.6 Å². The number of carboxylic acid groups (broad SMARTS) is 1. The van der Waals surface area contributed by atoms with Gasteiger partial charge in [-0.1, -0.05) is 59.8 Å².